The molecule has 6 heteroatoms. The molecule has 0 radical (unpaired) electrons. The van der Waals surface area contributed by atoms with Crippen LogP contribution in [0.1, 0.15) is 21.6 Å². The molecule has 1 heterocycles. The number of hydrogen-bond acceptors (Lipinski definition) is 4. The predicted octanol–water partition coefficient (Wildman–Crippen LogP) is 2.72. The predicted molar refractivity (Wildman–Crippen MR) is 69.5 cm³/mol. The van der Waals surface area contributed by atoms with Gasteiger partial charge in [-0.15, -0.1) is 0 Å². The van der Waals surface area contributed by atoms with Crippen molar-refractivity contribution in [2.45, 2.75) is 13.5 Å². The highest BCUT2D eigenvalue weighted by Gasteiger charge is 2.12. The molecule has 1 aromatic carbocycles. The SMILES string of the molecule is Cc1ccc(Cl)c(OCc2ncncc2C(=O)O)c1. The number of halogens is 1. The molecule has 0 spiro atoms. The summed E-state index contributed by atoms with van der Waals surface area (Å²) >= 11 is 5.99. The number of carbonyl (C=O) groups is 1. The normalized spacial score (nSPS) is 10.2. The molecular weight excluding hydrogens is 268 g/mol. The highest BCUT2D eigenvalue weighted by molar-refractivity contribution is 6.32. The van der Waals surface area contributed by atoms with Crippen LogP contribution in [0.5, 0.6) is 5.75 Å². The summed E-state index contributed by atoms with van der Waals surface area (Å²) in [5, 5.41) is 9.47. The van der Waals surface area contributed by atoms with Crippen molar-refractivity contribution < 1.29 is 14.6 Å². The average Bonchev–Trinajstić information content (AvgIpc) is 2.40. The second kappa shape index (κ2) is 5.67. The van der Waals surface area contributed by atoms with Crippen LogP contribution in [0.15, 0.2) is 30.7 Å². The van der Waals surface area contributed by atoms with Crippen LogP contribution in [0.3, 0.4) is 0 Å². The molecule has 0 amide bonds. The van der Waals surface area contributed by atoms with Gasteiger partial charge in [0.1, 0.15) is 24.2 Å². The zero-order valence-electron chi connectivity index (χ0n) is 10.1. The monoisotopic (exact) mass is 278 g/mol. The van der Waals surface area contributed by atoms with E-state index in [9.17, 15) is 4.79 Å². The Morgan fingerprint density at radius 1 is 1.47 bits per heavy atom. The number of aryl methyl sites for hydroxylation is 1. The number of carboxylic acids is 1. The lowest BCUT2D eigenvalue weighted by atomic mass is 10.2. The number of rotatable bonds is 4. The quantitative estimate of drug-likeness (QED) is 0.931. The van der Waals surface area contributed by atoms with Gasteiger partial charge < -0.3 is 9.84 Å². The molecular formula is C13H11ClN2O3. The molecule has 0 aliphatic rings. The fourth-order valence-corrected chi connectivity index (χ4v) is 1.69. The molecule has 2 aromatic rings. The lowest BCUT2D eigenvalue weighted by molar-refractivity contribution is 0.0692. The van der Waals surface area contributed by atoms with Crippen molar-refractivity contribution in [2.24, 2.45) is 0 Å². The van der Waals surface area contributed by atoms with E-state index >= 15 is 0 Å². The Morgan fingerprint density at radius 2 is 2.26 bits per heavy atom. The number of benzene rings is 1. The van der Waals surface area contributed by atoms with Gasteiger partial charge in [-0.05, 0) is 24.6 Å². The van der Waals surface area contributed by atoms with E-state index < -0.39 is 5.97 Å². The Balaban J connectivity index is 2.19. The largest absolute Gasteiger partial charge is 0.486 e. The van der Waals surface area contributed by atoms with Crippen molar-refractivity contribution in [3.05, 3.63) is 52.6 Å². The lowest BCUT2D eigenvalue weighted by Crippen LogP contribution is -2.08. The molecule has 0 fully saturated rings. The van der Waals surface area contributed by atoms with Crippen molar-refractivity contribution in [3.63, 3.8) is 0 Å². The standard InChI is InChI=1S/C13H11ClN2O3/c1-8-2-3-10(14)12(4-8)19-6-11-9(13(17)18)5-15-7-16-11/h2-5,7H,6H2,1H3,(H,17,18). The van der Waals surface area contributed by atoms with Crippen molar-refractivity contribution in [3.8, 4) is 5.75 Å². The lowest BCUT2D eigenvalue weighted by Gasteiger charge is -2.09. The number of aromatic carboxylic acids is 1. The first-order valence-electron chi connectivity index (χ1n) is 5.49. The minimum absolute atomic E-state index is 0.0197. The van der Waals surface area contributed by atoms with E-state index in [1.807, 2.05) is 13.0 Å². The summed E-state index contributed by atoms with van der Waals surface area (Å²) in [5.74, 6) is -0.592. The van der Waals surface area contributed by atoms with Gasteiger partial charge in [0, 0.05) is 6.20 Å². The zero-order valence-corrected chi connectivity index (χ0v) is 10.9. The first-order chi connectivity index (χ1) is 9.08. The third-order valence-electron chi connectivity index (χ3n) is 2.48. The highest BCUT2D eigenvalue weighted by atomic mass is 35.5. The van der Waals surface area contributed by atoms with Crippen LogP contribution in [-0.4, -0.2) is 21.0 Å². The summed E-state index contributed by atoms with van der Waals surface area (Å²) in [4.78, 5) is 18.6. The summed E-state index contributed by atoms with van der Waals surface area (Å²) in [5.41, 5.74) is 1.33. The maximum atomic E-state index is 11.0. The van der Waals surface area contributed by atoms with E-state index in [0.717, 1.165) is 5.56 Å². The Kier molecular flexibility index (Phi) is 3.97. The van der Waals surface area contributed by atoms with Crippen LogP contribution in [-0.2, 0) is 6.61 Å². The van der Waals surface area contributed by atoms with Crippen LogP contribution in [0.4, 0.5) is 0 Å². The van der Waals surface area contributed by atoms with Crippen LogP contribution in [0, 0.1) is 6.92 Å². The molecule has 0 aliphatic heterocycles. The molecule has 0 saturated carbocycles. The van der Waals surface area contributed by atoms with Crippen LogP contribution < -0.4 is 4.74 Å². The summed E-state index contributed by atoms with van der Waals surface area (Å²) < 4.78 is 5.51. The summed E-state index contributed by atoms with van der Waals surface area (Å²) in [6, 6.07) is 5.37. The summed E-state index contributed by atoms with van der Waals surface area (Å²) in [6.45, 7) is 1.93. The van der Waals surface area contributed by atoms with Gasteiger partial charge in [0.25, 0.3) is 0 Å². The Morgan fingerprint density at radius 3 is 3.00 bits per heavy atom. The molecule has 0 bridgehead atoms. The fraction of sp³-hybridized carbons (Fsp3) is 0.154. The number of nitrogens with zero attached hydrogens (tertiary/aromatic N) is 2. The average molecular weight is 279 g/mol. The molecule has 5 nitrogen and oxygen atoms in total. The maximum absolute atomic E-state index is 11.0. The third-order valence-corrected chi connectivity index (χ3v) is 2.79. The minimum atomic E-state index is -1.09. The first kappa shape index (κ1) is 13.3. The molecule has 2 rings (SSSR count). The van der Waals surface area contributed by atoms with Gasteiger partial charge in [0.15, 0.2) is 0 Å². The van der Waals surface area contributed by atoms with Gasteiger partial charge in [-0.2, -0.15) is 0 Å². The van der Waals surface area contributed by atoms with E-state index in [4.69, 9.17) is 21.4 Å². The fourth-order valence-electron chi connectivity index (χ4n) is 1.52. The maximum Gasteiger partial charge on any atom is 0.339 e. The van der Waals surface area contributed by atoms with E-state index in [0.29, 0.717) is 16.5 Å². The van der Waals surface area contributed by atoms with Crippen LogP contribution in [0.25, 0.3) is 0 Å². The van der Waals surface area contributed by atoms with Gasteiger partial charge in [0.2, 0.25) is 0 Å². The minimum Gasteiger partial charge on any atom is -0.486 e. The second-order valence-electron chi connectivity index (χ2n) is 3.91. The third kappa shape index (κ3) is 3.20. The summed E-state index contributed by atoms with van der Waals surface area (Å²) in [7, 11) is 0. The molecule has 1 N–H and O–H groups in total. The van der Waals surface area contributed by atoms with Gasteiger partial charge in [-0.3, -0.25) is 0 Å². The van der Waals surface area contributed by atoms with Crippen molar-refractivity contribution >= 4 is 17.6 Å². The second-order valence-corrected chi connectivity index (χ2v) is 4.32. The molecule has 0 unspecified atom stereocenters. The van der Waals surface area contributed by atoms with Gasteiger partial charge >= 0.3 is 5.97 Å². The number of carboxylic acid groups (broad SMARTS) is 1. The van der Waals surface area contributed by atoms with E-state index in [2.05, 4.69) is 9.97 Å². The number of aromatic nitrogens is 2. The van der Waals surface area contributed by atoms with Gasteiger partial charge in [-0.25, -0.2) is 14.8 Å². The van der Waals surface area contributed by atoms with Gasteiger partial charge in [0.05, 0.1) is 10.7 Å². The van der Waals surface area contributed by atoms with E-state index in [1.165, 1.54) is 12.5 Å². The molecule has 0 saturated heterocycles. The first-order valence-corrected chi connectivity index (χ1v) is 5.87. The molecule has 1 aromatic heterocycles. The smallest absolute Gasteiger partial charge is 0.339 e. The van der Waals surface area contributed by atoms with Crippen molar-refractivity contribution in [1.29, 1.82) is 0 Å². The van der Waals surface area contributed by atoms with E-state index in [1.54, 1.807) is 12.1 Å². The molecule has 98 valence electrons. The molecule has 0 aliphatic carbocycles. The zero-order chi connectivity index (χ0) is 13.8. The number of hydrogen-bond donors (Lipinski definition) is 1. The van der Waals surface area contributed by atoms with Crippen LogP contribution >= 0.6 is 11.6 Å². The molecule has 0 atom stereocenters. The van der Waals surface area contributed by atoms with Crippen molar-refractivity contribution in [2.75, 3.05) is 0 Å². The van der Waals surface area contributed by atoms with Crippen LogP contribution in [0.2, 0.25) is 5.02 Å². The van der Waals surface area contributed by atoms with Gasteiger partial charge in [-0.1, -0.05) is 17.7 Å². The Bertz CT molecular complexity index is 617. The van der Waals surface area contributed by atoms with E-state index in [-0.39, 0.29) is 12.2 Å². The Labute approximate surface area is 114 Å². The topological polar surface area (TPSA) is 72.3 Å². The highest BCUT2D eigenvalue weighted by Crippen LogP contribution is 2.26. The van der Waals surface area contributed by atoms with Crippen molar-refractivity contribution in [1.82, 2.24) is 9.97 Å². The molecule has 19 heavy (non-hydrogen) atoms. The Hall–Kier alpha value is -2.14. The summed E-state index contributed by atoms with van der Waals surface area (Å²) in [6.07, 6.45) is 2.52. The number of ether oxygens (including phenoxy) is 1.